The second kappa shape index (κ2) is 8.90. The summed E-state index contributed by atoms with van der Waals surface area (Å²) in [7, 11) is 6.15. The Bertz CT molecular complexity index is 222. The molecule has 114 valence electrons. The van der Waals surface area contributed by atoms with Gasteiger partial charge in [0.05, 0.1) is 6.61 Å². The smallest absolute Gasteiger partial charge is 0.0531 e. The number of nitrogens with one attached hydrogen (secondary N) is 1. The highest BCUT2D eigenvalue weighted by molar-refractivity contribution is 4.87. The van der Waals surface area contributed by atoms with Gasteiger partial charge < -0.3 is 19.9 Å². The normalized spacial score (nSPS) is 19.3. The minimum Gasteiger partial charge on any atom is -0.384 e. The highest BCUT2D eigenvalue weighted by Gasteiger charge is 2.33. The van der Waals surface area contributed by atoms with E-state index in [1.807, 2.05) is 7.11 Å². The van der Waals surface area contributed by atoms with E-state index < -0.39 is 0 Å². The lowest BCUT2D eigenvalue weighted by atomic mass is 9.79. The molecule has 4 heteroatoms. The van der Waals surface area contributed by atoms with Gasteiger partial charge in [0.25, 0.3) is 0 Å². The van der Waals surface area contributed by atoms with Crippen molar-refractivity contribution in [3.8, 4) is 0 Å². The SMILES string of the molecule is CCCN(CCN(C)C)CC1(COC)CCNCC1. The summed E-state index contributed by atoms with van der Waals surface area (Å²) in [5.41, 5.74) is 0.363. The fourth-order valence-electron chi connectivity index (χ4n) is 3.01. The summed E-state index contributed by atoms with van der Waals surface area (Å²) in [5.74, 6) is 0. The van der Waals surface area contributed by atoms with E-state index in [2.05, 4.69) is 36.1 Å². The Kier molecular flexibility index (Phi) is 7.91. The fourth-order valence-corrected chi connectivity index (χ4v) is 3.01. The van der Waals surface area contributed by atoms with Crippen LogP contribution in [0.15, 0.2) is 0 Å². The van der Waals surface area contributed by atoms with Crippen molar-refractivity contribution in [3.05, 3.63) is 0 Å². The first kappa shape index (κ1) is 16.9. The van der Waals surface area contributed by atoms with Gasteiger partial charge in [-0.25, -0.2) is 0 Å². The molecular weight excluding hydrogens is 238 g/mol. The van der Waals surface area contributed by atoms with E-state index in [0.717, 1.165) is 26.2 Å². The largest absolute Gasteiger partial charge is 0.384 e. The lowest BCUT2D eigenvalue weighted by Crippen LogP contribution is -2.48. The van der Waals surface area contributed by atoms with Crippen molar-refractivity contribution in [2.24, 2.45) is 5.41 Å². The maximum Gasteiger partial charge on any atom is 0.0531 e. The average Bonchev–Trinajstić information content (AvgIpc) is 2.37. The number of methoxy groups -OCH3 is 1. The van der Waals surface area contributed by atoms with E-state index in [-0.39, 0.29) is 0 Å². The first-order chi connectivity index (χ1) is 9.12. The summed E-state index contributed by atoms with van der Waals surface area (Å²) in [4.78, 5) is 4.90. The predicted molar refractivity (Wildman–Crippen MR) is 81.7 cm³/mol. The van der Waals surface area contributed by atoms with Gasteiger partial charge in [-0.2, -0.15) is 0 Å². The third kappa shape index (κ3) is 6.21. The molecule has 0 unspecified atom stereocenters. The predicted octanol–water partition coefficient (Wildman–Crippen LogP) is 1.28. The van der Waals surface area contributed by atoms with Crippen molar-refractivity contribution in [2.75, 3.05) is 67.1 Å². The minimum absolute atomic E-state index is 0.363. The quantitative estimate of drug-likeness (QED) is 0.684. The van der Waals surface area contributed by atoms with Crippen LogP contribution in [0.25, 0.3) is 0 Å². The Morgan fingerprint density at radius 3 is 2.32 bits per heavy atom. The van der Waals surface area contributed by atoms with Crippen molar-refractivity contribution >= 4 is 0 Å². The third-order valence-electron chi connectivity index (χ3n) is 4.08. The van der Waals surface area contributed by atoms with E-state index in [0.29, 0.717) is 5.41 Å². The Hall–Kier alpha value is -0.160. The first-order valence-electron chi connectivity index (χ1n) is 7.68. The zero-order valence-electron chi connectivity index (χ0n) is 13.4. The molecule has 19 heavy (non-hydrogen) atoms. The van der Waals surface area contributed by atoms with E-state index in [9.17, 15) is 0 Å². The van der Waals surface area contributed by atoms with Crippen molar-refractivity contribution in [2.45, 2.75) is 26.2 Å². The van der Waals surface area contributed by atoms with E-state index in [1.165, 1.54) is 38.9 Å². The maximum atomic E-state index is 5.52. The van der Waals surface area contributed by atoms with Crippen LogP contribution in [-0.4, -0.2) is 76.9 Å². The standard InChI is InChI=1S/C15H33N3O/c1-5-10-18(12-11-17(2)3)13-15(14-19-4)6-8-16-9-7-15/h16H,5-14H2,1-4H3. The molecule has 0 saturated carbocycles. The Labute approximate surface area is 119 Å². The van der Waals surface area contributed by atoms with Crippen LogP contribution in [0.5, 0.6) is 0 Å². The second-order valence-corrected chi connectivity index (χ2v) is 6.26. The number of ether oxygens (including phenoxy) is 1. The van der Waals surface area contributed by atoms with Crippen molar-refractivity contribution in [1.82, 2.24) is 15.1 Å². The molecule has 1 saturated heterocycles. The monoisotopic (exact) mass is 271 g/mol. The van der Waals surface area contributed by atoms with E-state index >= 15 is 0 Å². The molecule has 1 rings (SSSR count). The molecular formula is C15H33N3O. The van der Waals surface area contributed by atoms with Crippen LogP contribution < -0.4 is 5.32 Å². The van der Waals surface area contributed by atoms with Gasteiger partial charge in [0.15, 0.2) is 0 Å². The van der Waals surface area contributed by atoms with Gasteiger partial charge in [-0.3, -0.25) is 0 Å². The maximum absolute atomic E-state index is 5.52. The molecule has 1 heterocycles. The third-order valence-corrected chi connectivity index (χ3v) is 4.08. The van der Waals surface area contributed by atoms with Crippen LogP contribution in [0.3, 0.4) is 0 Å². The number of piperidine rings is 1. The number of hydrogen-bond donors (Lipinski definition) is 1. The molecule has 4 nitrogen and oxygen atoms in total. The minimum atomic E-state index is 0.363. The van der Waals surface area contributed by atoms with Crippen molar-refractivity contribution in [3.63, 3.8) is 0 Å². The highest BCUT2D eigenvalue weighted by Crippen LogP contribution is 2.30. The van der Waals surface area contributed by atoms with Crippen LogP contribution in [-0.2, 0) is 4.74 Å². The molecule has 1 aliphatic heterocycles. The molecule has 0 aromatic carbocycles. The van der Waals surface area contributed by atoms with Gasteiger partial charge in [-0.05, 0) is 53.0 Å². The van der Waals surface area contributed by atoms with E-state index in [4.69, 9.17) is 4.74 Å². The van der Waals surface area contributed by atoms with Gasteiger partial charge >= 0.3 is 0 Å². The topological polar surface area (TPSA) is 27.7 Å². The van der Waals surface area contributed by atoms with Gasteiger partial charge in [0.2, 0.25) is 0 Å². The van der Waals surface area contributed by atoms with Crippen molar-refractivity contribution < 1.29 is 4.74 Å². The Morgan fingerprint density at radius 1 is 1.11 bits per heavy atom. The summed E-state index contributed by atoms with van der Waals surface area (Å²) >= 11 is 0. The molecule has 1 fully saturated rings. The van der Waals surface area contributed by atoms with Crippen LogP contribution in [0.2, 0.25) is 0 Å². The van der Waals surface area contributed by atoms with Gasteiger partial charge in [0.1, 0.15) is 0 Å². The molecule has 0 aromatic heterocycles. The summed E-state index contributed by atoms with van der Waals surface area (Å²) < 4.78 is 5.52. The van der Waals surface area contributed by atoms with E-state index in [1.54, 1.807) is 0 Å². The number of nitrogens with zero attached hydrogens (tertiary/aromatic N) is 2. The highest BCUT2D eigenvalue weighted by atomic mass is 16.5. The molecule has 0 bridgehead atoms. The number of likely N-dealkylation sites (N-methyl/N-ethyl adjacent to an activating group) is 1. The molecule has 1 aliphatic rings. The van der Waals surface area contributed by atoms with Crippen LogP contribution in [0, 0.1) is 5.41 Å². The zero-order chi connectivity index (χ0) is 14.1. The Balaban J connectivity index is 2.55. The molecule has 1 N–H and O–H groups in total. The Morgan fingerprint density at radius 2 is 1.79 bits per heavy atom. The fraction of sp³-hybridized carbons (Fsp3) is 1.00. The molecule has 0 aromatic rings. The second-order valence-electron chi connectivity index (χ2n) is 6.26. The first-order valence-corrected chi connectivity index (χ1v) is 7.68. The van der Waals surface area contributed by atoms with Crippen LogP contribution in [0.1, 0.15) is 26.2 Å². The number of rotatable bonds is 9. The summed E-state index contributed by atoms with van der Waals surface area (Å²) in [6.45, 7) is 10.1. The van der Waals surface area contributed by atoms with Crippen LogP contribution in [0.4, 0.5) is 0 Å². The van der Waals surface area contributed by atoms with Gasteiger partial charge in [-0.1, -0.05) is 6.92 Å². The number of hydrogen-bond acceptors (Lipinski definition) is 4. The van der Waals surface area contributed by atoms with Crippen LogP contribution >= 0.6 is 0 Å². The van der Waals surface area contributed by atoms with Crippen molar-refractivity contribution in [1.29, 1.82) is 0 Å². The molecule has 0 aliphatic carbocycles. The average molecular weight is 271 g/mol. The summed E-state index contributed by atoms with van der Waals surface area (Å²) in [5, 5.41) is 3.47. The van der Waals surface area contributed by atoms with Gasteiger partial charge in [0, 0.05) is 32.2 Å². The molecule has 0 spiro atoms. The lowest BCUT2D eigenvalue weighted by Gasteiger charge is -2.41. The summed E-state index contributed by atoms with van der Waals surface area (Å²) in [6.07, 6.45) is 3.71. The molecule has 0 radical (unpaired) electrons. The molecule has 0 amide bonds. The van der Waals surface area contributed by atoms with Gasteiger partial charge in [-0.15, -0.1) is 0 Å². The molecule has 0 atom stereocenters. The zero-order valence-corrected chi connectivity index (χ0v) is 13.4. The summed E-state index contributed by atoms with van der Waals surface area (Å²) in [6, 6.07) is 0. The lowest BCUT2D eigenvalue weighted by molar-refractivity contribution is 0.0210.